The monoisotopic (exact) mass is 245 g/mol. The van der Waals surface area contributed by atoms with Crippen LogP contribution in [0.3, 0.4) is 0 Å². The first-order valence-electron chi connectivity index (χ1n) is 5.22. The number of rotatable bonds is 4. The van der Waals surface area contributed by atoms with E-state index in [1.807, 2.05) is 13.8 Å². The van der Waals surface area contributed by atoms with Gasteiger partial charge in [-0.1, -0.05) is 17.7 Å². The molecule has 0 radical (unpaired) electrons. The predicted molar refractivity (Wildman–Crippen MR) is 64.7 cm³/mol. The van der Waals surface area contributed by atoms with E-state index in [-0.39, 0.29) is 12.6 Å². The van der Waals surface area contributed by atoms with Crippen LogP contribution in [0.4, 0.5) is 4.39 Å². The summed E-state index contributed by atoms with van der Waals surface area (Å²) in [7, 11) is 0. The summed E-state index contributed by atoms with van der Waals surface area (Å²) in [6, 6.07) is 4.88. The van der Waals surface area contributed by atoms with E-state index in [0.29, 0.717) is 16.3 Å². The first-order valence-corrected chi connectivity index (χ1v) is 5.60. The second kappa shape index (κ2) is 5.02. The third-order valence-electron chi connectivity index (χ3n) is 2.28. The van der Waals surface area contributed by atoms with Gasteiger partial charge in [0, 0.05) is 6.54 Å². The molecule has 0 amide bonds. The Bertz CT molecular complexity index is 366. The minimum Gasteiger partial charge on any atom is -0.489 e. The molecule has 1 atom stereocenters. The molecule has 0 saturated heterocycles. The highest BCUT2D eigenvalue weighted by molar-refractivity contribution is 6.32. The van der Waals surface area contributed by atoms with E-state index in [1.165, 1.54) is 6.92 Å². The molecule has 0 aliphatic rings. The van der Waals surface area contributed by atoms with Crippen LogP contribution in [0.1, 0.15) is 26.3 Å². The highest BCUT2D eigenvalue weighted by Gasteiger charge is 2.24. The summed E-state index contributed by atoms with van der Waals surface area (Å²) in [5.74, 6) is 0.563. The molecule has 16 heavy (non-hydrogen) atoms. The molecule has 0 aliphatic heterocycles. The average Bonchev–Trinajstić information content (AvgIpc) is 2.20. The number of hydrogen-bond donors (Lipinski definition) is 1. The smallest absolute Gasteiger partial charge is 0.145 e. The van der Waals surface area contributed by atoms with Gasteiger partial charge in [-0.2, -0.15) is 0 Å². The van der Waals surface area contributed by atoms with E-state index in [2.05, 4.69) is 0 Å². The van der Waals surface area contributed by atoms with Gasteiger partial charge in [0.2, 0.25) is 0 Å². The number of nitrogens with two attached hydrogens (primary N) is 1. The van der Waals surface area contributed by atoms with E-state index in [1.54, 1.807) is 18.2 Å². The van der Waals surface area contributed by atoms with Crippen molar-refractivity contribution in [2.45, 2.75) is 32.5 Å². The molecule has 1 aromatic carbocycles. The van der Waals surface area contributed by atoms with Crippen molar-refractivity contribution in [3.8, 4) is 5.75 Å². The first kappa shape index (κ1) is 13.3. The van der Waals surface area contributed by atoms with Gasteiger partial charge in [-0.3, -0.25) is 0 Å². The number of halogens is 2. The SMILES string of the molecule is CC(C)Oc1ccc(C(C)(F)CN)cc1Cl. The van der Waals surface area contributed by atoms with Crippen LogP contribution in [-0.4, -0.2) is 12.6 Å². The molecule has 1 aromatic rings. The molecular formula is C12H17ClFNO. The minimum atomic E-state index is -1.56. The molecule has 0 saturated carbocycles. The summed E-state index contributed by atoms with van der Waals surface area (Å²) in [6.07, 6.45) is 0.0367. The largest absolute Gasteiger partial charge is 0.489 e. The van der Waals surface area contributed by atoms with E-state index >= 15 is 0 Å². The molecule has 4 heteroatoms. The van der Waals surface area contributed by atoms with Gasteiger partial charge in [0.05, 0.1) is 11.1 Å². The molecule has 90 valence electrons. The van der Waals surface area contributed by atoms with Crippen LogP contribution in [0, 0.1) is 0 Å². The zero-order valence-corrected chi connectivity index (χ0v) is 10.5. The summed E-state index contributed by atoms with van der Waals surface area (Å²) in [4.78, 5) is 0. The molecule has 0 bridgehead atoms. The Morgan fingerprint density at radius 2 is 2.12 bits per heavy atom. The quantitative estimate of drug-likeness (QED) is 0.884. The normalized spacial score (nSPS) is 14.9. The van der Waals surface area contributed by atoms with Crippen LogP contribution in [0.2, 0.25) is 5.02 Å². The van der Waals surface area contributed by atoms with Crippen molar-refractivity contribution in [1.29, 1.82) is 0 Å². The molecule has 2 N–H and O–H groups in total. The van der Waals surface area contributed by atoms with E-state index < -0.39 is 5.67 Å². The highest BCUT2D eigenvalue weighted by Crippen LogP contribution is 2.32. The van der Waals surface area contributed by atoms with Gasteiger partial charge >= 0.3 is 0 Å². The number of ether oxygens (including phenoxy) is 1. The molecule has 0 aliphatic carbocycles. The van der Waals surface area contributed by atoms with E-state index in [4.69, 9.17) is 22.1 Å². The van der Waals surface area contributed by atoms with Crippen LogP contribution in [0.5, 0.6) is 5.75 Å². The minimum absolute atomic E-state index is 0.0367. The molecule has 1 unspecified atom stereocenters. The number of hydrogen-bond acceptors (Lipinski definition) is 2. The van der Waals surface area contributed by atoms with Crippen molar-refractivity contribution in [3.05, 3.63) is 28.8 Å². The van der Waals surface area contributed by atoms with Crippen LogP contribution >= 0.6 is 11.6 Å². The lowest BCUT2D eigenvalue weighted by Gasteiger charge is -2.20. The van der Waals surface area contributed by atoms with Crippen molar-refractivity contribution >= 4 is 11.6 Å². The molecule has 0 heterocycles. The van der Waals surface area contributed by atoms with E-state index in [0.717, 1.165) is 0 Å². The van der Waals surface area contributed by atoms with Gasteiger partial charge in [0.1, 0.15) is 11.4 Å². The summed E-state index contributed by atoms with van der Waals surface area (Å²) < 4.78 is 19.4. The van der Waals surface area contributed by atoms with Gasteiger partial charge < -0.3 is 10.5 Å². The van der Waals surface area contributed by atoms with Gasteiger partial charge in [-0.25, -0.2) is 4.39 Å². The summed E-state index contributed by atoms with van der Waals surface area (Å²) in [6.45, 7) is 5.17. The molecule has 2 nitrogen and oxygen atoms in total. The lowest BCUT2D eigenvalue weighted by atomic mass is 9.98. The molecule has 1 rings (SSSR count). The van der Waals surface area contributed by atoms with E-state index in [9.17, 15) is 4.39 Å². The fourth-order valence-electron chi connectivity index (χ4n) is 1.29. The maximum Gasteiger partial charge on any atom is 0.145 e. The number of alkyl halides is 1. The lowest BCUT2D eigenvalue weighted by molar-refractivity contribution is 0.203. The maximum absolute atomic E-state index is 13.9. The van der Waals surface area contributed by atoms with Gasteiger partial charge in [0.15, 0.2) is 0 Å². The van der Waals surface area contributed by atoms with Crippen LogP contribution in [0.15, 0.2) is 18.2 Å². The molecule has 0 fully saturated rings. The van der Waals surface area contributed by atoms with Crippen LogP contribution in [0.25, 0.3) is 0 Å². The Labute approximate surface area is 101 Å². The first-order chi connectivity index (χ1) is 7.36. The zero-order chi connectivity index (χ0) is 12.3. The fraction of sp³-hybridized carbons (Fsp3) is 0.500. The van der Waals surface area contributed by atoms with Crippen molar-refractivity contribution in [1.82, 2.24) is 0 Å². The second-order valence-electron chi connectivity index (χ2n) is 4.21. The van der Waals surface area contributed by atoms with Crippen LogP contribution < -0.4 is 10.5 Å². The summed E-state index contributed by atoms with van der Waals surface area (Å²) in [5, 5.41) is 0.406. The Kier molecular flexibility index (Phi) is 4.16. The third kappa shape index (κ3) is 3.09. The van der Waals surface area contributed by atoms with Gasteiger partial charge in [-0.15, -0.1) is 0 Å². The standard InChI is InChI=1S/C12H17ClFNO/c1-8(2)16-11-5-4-9(6-10(11)13)12(3,14)7-15/h4-6,8H,7,15H2,1-3H3. The van der Waals surface area contributed by atoms with Crippen LogP contribution in [-0.2, 0) is 5.67 Å². The molecule has 0 aromatic heterocycles. The van der Waals surface area contributed by atoms with Crippen molar-refractivity contribution < 1.29 is 9.13 Å². The predicted octanol–water partition coefficient (Wildman–Crippen LogP) is 3.27. The third-order valence-corrected chi connectivity index (χ3v) is 2.58. The fourth-order valence-corrected chi connectivity index (χ4v) is 1.52. The van der Waals surface area contributed by atoms with Crippen molar-refractivity contribution in [2.24, 2.45) is 5.73 Å². The number of benzene rings is 1. The zero-order valence-electron chi connectivity index (χ0n) is 9.76. The topological polar surface area (TPSA) is 35.2 Å². The summed E-state index contributed by atoms with van der Waals surface area (Å²) in [5.41, 5.74) is 4.27. The maximum atomic E-state index is 13.9. The average molecular weight is 246 g/mol. The van der Waals surface area contributed by atoms with Crippen molar-refractivity contribution in [3.63, 3.8) is 0 Å². The molecule has 0 spiro atoms. The second-order valence-corrected chi connectivity index (χ2v) is 4.62. The van der Waals surface area contributed by atoms with Gasteiger partial charge in [-0.05, 0) is 38.5 Å². The Morgan fingerprint density at radius 1 is 1.50 bits per heavy atom. The van der Waals surface area contributed by atoms with Gasteiger partial charge in [0.25, 0.3) is 0 Å². The molecular weight excluding hydrogens is 229 g/mol. The lowest BCUT2D eigenvalue weighted by Crippen LogP contribution is -2.26. The Hall–Kier alpha value is -0.800. The van der Waals surface area contributed by atoms with Crippen molar-refractivity contribution in [2.75, 3.05) is 6.54 Å². The summed E-state index contributed by atoms with van der Waals surface area (Å²) >= 11 is 6.00. The Balaban J connectivity index is 2.99. The highest BCUT2D eigenvalue weighted by atomic mass is 35.5. The Morgan fingerprint density at radius 3 is 2.56 bits per heavy atom.